The summed E-state index contributed by atoms with van der Waals surface area (Å²) in [5.41, 5.74) is -6.15. The molecule has 158 valence electrons. The highest BCUT2D eigenvalue weighted by Crippen LogP contribution is 2.57. The summed E-state index contributed by atoms with van der Waals surface area (Å²) in [7, 11) is 0. The van der Waals surface area contributed by atoms with E-state index in [0.29, 0.717) is 0 Å². The lowest BCUT2D eigenvalue weighted by Gasteiger charge is -2.43. The summed E-state index contributed by atoms with van der Waals surface area (Å²) in [6.07, 6.45) is -6.22. The zero-order valence-electron chi connectivity index (χ0n) is 15.8. The van der Waals surface area contributed by atoms with E-state index >= 15 is 8.78 Å². The number of rotatable bonds is 7. The van der Waals surface area contributed by atoms with Crippen molar-refractivity contribution in [3.8, 4) is 11.5 Å². The van der Waals surface area contributed by atoms with Crippen LogP contribution in [-0.2, 0) is 5.41 Å². The number of aliphatic hydroxyl groups is 1. The van der Waals surface area contributed by atoms with Gasteiger partial charge in [-0.25, -0.2) is 0 Å². The first-order valence-corrected chi connectivity index (χ1v) is 8.65. The molecular formula is C21H21F5O3. The molecule has 2 aromatic carbocycles. The van der Waals surface area contributed by atoms with E-state index in [1.54, 1.807) is 0 Å². The number of hydrogen-bond acceptors (Lipinski definition) is 3. The molecule has 0 fully saturated rings. The highest BCUT2D eigenvalue weighted by Gasteiger charge is 2.71. The van der Waals surface area contributed by atoms with Gasteiger partial charge in [0, 0.05) is 0 Å². The smallest absolute Gasteiger partial charge is 0.408 e. The van der Waals surface area contributed by atoms with E-state index < -0.39 is 40.3 Å². The molecule has 2 rings (SSSR count). The Morgan fingerprint density at radius 2 is 1.41 bits per heavy atom. The number of halogens is 5. The Balaban J connectivity index is 2.75. The lowest BCUT2D eigenvalue weighted by molar-refractivity contribution is -0.234. The van der Waals surface area contributed by atoms with Gasteiger partial charge in [0.05, 0.1) is 6.10 Å². The Morgan fingerprint density at radius 3 is 1.79 bits per heavy atom. The van der Waals surface area contributed by atoms with Gasteiger partial charge in [0.25, 0.3) is 5.92 Å². The van der Waals surface area contributed by atoms with Crippen molar-refractivity contribution in [2.75, 3.05) is 6.61 Å². The zero-order valence-corrected chi connectivity index (χ0v) is 15.8. The second kappa shape index (κ2) is 8.02. The molecule has 1 unspecified atom stereocenters. The van der Waals surface area contributed by atoms with Crippen molar-refractivity contribution >= 4 is 0 Å². The first-order chi connectivity index (χ1) is 13.3. The van der Waals surface area contributed by atoms with Crippen LogP contribution in [0.4, 0.5) is 22.0 Å². The minimum Gasteiger partial charge on any atom is -0.508 e. The summed E-state index contributed by atoms with van der Waals surface area (Å²) >= 11 is 0. The van der Waals surface area contributed by atoms with Crippen molar-refractivity contribution in [2.45, 2.75) is 37.5 Å². The lowest BCUT2D eigenvalue weighted by Crippen LogP contribution is -2.57. The molecule has 0 saturated carbocycles. The van der Waals surface area contributed by atoms with Crippen LogP contribution in [0, 0.1) is 0 Å². The summed E-state index contributed by atoms with van der Waals surface area (Å²) < 4.78 is 78.9. The first kappa shape index (κ1) is 22.7. The third-order valence-electron chi connectivity index (χ3n) is 4.51. The molecule has 29 heavy (non-hydrogen) atoms. The van der Waals surface area contributed by atoms with E-state index in [1.807, 2.05) is 0 Å². The van der Waals surface area contributed by atoms with Crippen LogP contribution in [0.5, 0.6) is 11.5 Å². The lowest BCUT2D eigenvalue weighted by atomic mass is 9.67. The molecule has 0 aliphatic rings. The Morgan fingerprint density at radius 1 is 0.966 bits per heavy atom. The Hall–Kier alpha value is -2.61. The number of aliphatic hydroxyl groups excluding tert-OH is 1. The molecule has 0 radical (unpaired) electrons. The number of benzene rings is 2. The van der Waals surface area contributed by atoms with Crippen molar-refractivity contribution in [1.82, 2.24) is 0 Å². The minimum atomic E-state index is -5.41. The number of phenols is 1. The standard InChI is InChI=1S/C21H21F5O3/c1-13(2)20(22,23)19(21(24,25)26,15-4-8-17(28)9-5-15)16-6-10-18(11-7-16)29-12-14(3)27/h4-11,14,27-28H,1,12H2,2-3H3/t14-,19?/m0/s1. The minimum absolute atomic E-state index is 0.107. The van der Waals surface area contributed by atoms with Gasteiger partial charge in [-0.1, -0.05) is 30.8 Å². The van der Waals surface area contributed by atoms with Crippen LogP contribution in [0.25, 0.3) is 0 Å². The van der Waals surface area contributed by atoms with E-state index in [-0.39, 0.29) is 18.1 Å². The Kier molecular flexibility index (Phi) is 6.27. The third-order valence-corrected chi connectivity index (χ3v) is 4.51. The van der Waals surface area contributed by atoms with Gasteiger partial charge in [0.1, 0.15) is 18.1 Å². The maximum atomic E-state index is 15.2. The maximum Gasteiger partial charge on any atom is 0.408 e. The number of alkyl halides is 5. The van der Waals surface area contributed by atoms with Crippen LogP contribution in [0.1, 0.15) is 25.0 Å². The fourth-order valence-electron chi connectivity index (χ4n) is 3.08. The molecule has 2 atom stereocenters. The molecule has 0 bridgehead atoms. The van der Waals surface area contributed by atoms with Gasteiger partial charge in [-0.15, -0.1) is 0 Å². The fraction of sp³-hybridized carbons (Fsp3) is 0.333. The first-order valence-electron chi connectivity index (χ1n) is 8.65. The molecule has 0 amide bonds. The molecule has 0 aromatic heterocycles. The summed E-state index contributed by atoms with van der Waals surface area (Å²) in [5, 5.41) is 18.7. The molecule has 2 aromatic rings. The number of hydrogen-bond donors (Lipinski definition) is 2. The molecule has 0 spiro atoms. The monoisotopic (exact) mass is 416 g/mol. The Bertz CT molecular complexity index is 842. The van der Waals surface area contributed by atoms with Crippen molar-refractivity contribution in [3.63, 3.8) is 0 Å². The van der Waals surface area contributed by atoms with Crippen LogP contribution >= 0.6 is 0 Å². The van der Waals surface area contributed by atoms with E-state index in [2.05, 4.69) is 6.58 Å². The summed E-state index contributed by atoms with van der Waals surface area (Å²) in [4.78, 5) is 0. The number of ether oxygens (including phenoxy) is 1. The van der Waals surface area contributed by atoms with Gasteiger partial charge < -0.3 is 14.9 Å². The van der Waals surface area contributed by atoms with Crippen LogP contribution < -0.4 is 4.74 Å². The highest BCUT2D eigenvalue weighted by atomic mass is 19.4. The van der Waals surface area contributed by atoms with Gasteiger partial charge >= 0.3 is 6.18 Å². The highest BCUT2D eigenvalue weighted by molar-refractivity contribution is 5.50. The SMILES string of the molecule is C=C(C)C(F)(F)C(c1ccc(O)cc1)(c1ccc(OC[C@H](C)O)cc1)C(F)(F)F. The second-order valence-corrected chi connectivity index (χ2v) is 6.83. The predicted octanol–water partition coefficient (Wildman–Crippen LogP) is 5.21. The van der Waals surface area contributed by atoms with E-state index in [4.69, 9.17) is 4.74 Å². The van der Waals surface area contributed by atoms with Gasteiger partial charge in [0.2, 0.25) is 0 Å². The topological polar surface area (TPSA) is 49.7 Å². The average molecular weight is 416 g/mol. The van der Waals surface area contributed by atoms with Crippen molar-refractivity contribution in [3.05, 3.63) is 71.8 Å². The van der Waals surface area contributed by atoms with Crippen molar-refractivity contribution < 1.29 is 36.9 Å². The van der Waals surface area contributed by atoms with Gasteiger partial charge in [-0.3, -0.25) is 0 Å². The van der Waals surface area contributed by atoms with E-state index in [9.17, 15) is 23.4 Å². The summed E-state index contributed by atoms with van der Waals surface area (Å²) in [6, 6.07) is 7.56. The quantitative estimate of drug-likeness (QED) is 0.481. The third kappa shape index (κ3) is 4.07. The summed E-state index contributed by atoms with van der Waals surface area (Å²) in [5.74, 6) is -4.63. The molecule has 0 aliphatic carbocycles. The second-order valence-electron chi connectivity index (χ2n) is 6.83. The molecule has 0 heterocycles. The van der Waals surface area contributed by atoms with Crippen LogP contribution in [0.15, 0.2) is 60.7 Å². The van der Waals surface area contributed by atoms with E-state index in [0.717, 1.165) is 55.5 Å². The van der Waals surface area contributed by atoms with E-state index in [1.165, 1.54) is 6.92 Å². The van der Waals surface area contributed by atoms with Gasteiger partial charge in [-0.2, -0.15) is 22.0 Å². The molecular weight excluding hydrogens is 395 g/mol. The number of aromatic hydroxyl groups is 1. The van der Waals surface area contributed by atoms with Gasteiger partial charge in [0.15, 0.2) is 5.41 Å². The molecule has 2 N–H and O–H groups in total. The summed E-state index contributed by atoms with van der Waals surface area (Å²) in [6.45, 7) is 5.28. The molecule has 3 nitrogen and oxygen atoms in total. The normalized spacial score (nSPS) is 15.4. The zero-order chi connectivity index (χ0) is 22.0. The van der Waals surface area contributed by atoms with Crippen LogP contribution in [0.2, 0.25) is 0 Å². The number of allylic oxidation sites excluding steroid dienone is 1. The maximum absolute atomic E-state index is 15.2. The van der Waals surface area contributed by atoms with Crippen LogP contribution in [-0.4, -0.2) is 35.0 Å². The van der Waals surface area contributed by atoms with Crippen molar-refractivity contribution in [2.24, 2.45) is 0 Å². The van der Waals surface area contributed by atoms with Crippen LogP contribution in [0.3, 0.4) is 0 Å². The van der Waals surface area contributed by atoms with Crippen molar-refractivity contribution in [1.29, 1.82) is 0 Å². The Labute approximate surface area is 165 Å². The molecule has 0 saturated heterocycles. The predicted molar refractivity (Wildman–Crippen MR) is 98.3 cm³/mol. The fourth-order valence-corrected chi connectivity index (χ4v) is 3.08. The van der Waals surface area contributed by atoms with Gasteiger partial charge in [-0.05, 0) is 54.8 Å². The molecule has 8 heteroatoms. The number of phenolic OH excluding ortho intramolecular Hbond substituents is 1. The largest absolute Gasteiger partial charge is 0.508 e. The molecule has 0 aliphatic heterocycles. The average Bonchev–Trinajstić information content (AvgIpc) is 2.61.